The molecule has 0 radical (unpaired) electrons. The van der Waals surface area contributed by atoms with Crippen molar-refractivity contribution in [2.45, 2.75) is 38.8 Å². The van der Waals surface area contributed by atoms with Gasteiger partial charge in [0, 0.05) is 29.5 Å². The van der Waals surface area contributed by atoms with E-state index in [-0.39, 0.29) is 18.0 Å². The number of anilines is 3. The molecular formula is C22H26N4O4. The highest BCUT2D eigenvalue weighted by atomic mass is 16.5. The molecule has 0 saturated heterocycles. The topological polar surface area (TPSA) is 114 Å². The second kappa shape index (κ2) is 9.30. The summed E-state index contributed by atoms with van der Waals surface area (Å²) in [5, 5.41) is 6.16. The predicted octanol–water partition coefficient (Wildman–Crippen LogP) is 3.41. The summed E-state index contributed by atoms with van der Waals surface area (Å²) < 4.78 is 4.46. The molecule has 30 heavy (non-hydrogen) atoms. The van der Waals surface area contributed by atoms with E-state index in [2.05, 4.69) is 22.3 Å². The second-order valence-corrected chi connectivity index (χ2v) is 7.19. The minimum atomic E-state index is -0.995. The minimum absolute atomic E-state index is 0.0570. The van der Waals surface area contributed by atoms with Gasteiger partial charge in [0.25, 0.3) is 5.91 Å². The lowest BCUT2D eigenvalue weighted by molar-refractivity contribution is -0.119. The number of para-hydroxylation sites is 1. The fourth-order valence-electron chi connectivity index (χ4n) is 3.68. The van der Waals surface area contributed by atoms with E-state index < -0.39 is 18.6 Å². The minimum Gasteiger partial charge on any atom is -0.440 e. The smallest absolute Gasteiger partial charge is 0.405 e. The van der Waals surface area contributed by atoms with Crippen LogP contribution in [-0.2, 0) is 14.3 Å². The van der Waals surface area contributed by atoms with Crippen LogP contribution in [0.1, 0.15) is 38.3 Å². The highest BCUT2D eigenvalue weighted by molar-refractivity contribution is 5.95. The number of fused-ring (bicyclic) bond motifs is 1. The number of hydrogen-bond donors (Lipinski definition) is 3. The van der Waals surface area contributed by atoms with Crippen molar-refractivity contribution in [3.05, 3.63) is 54.1 Å². The molecule has 1 heterocycles. The van der Waals surface area contributed by atoms with Crippen LogP contribution in [0.3, 0.4) is 0 Å². The average molecular weight is 410 g/mol. The maximum absolute atomic E-state index is 12.5. The Morgan fingerprint density at radius 1 is 1.10 bits per heavy atom. The molecule has 2 aromatic rings. The summed E-state index contributed by atoms with van der Waals surface area (Å²) in [5.74, 6) is -0.348. The highest BCUT2D eigenvalue weighted by Gasteiger charge is 2.32. The maximum atomic E-state index is 12.5. The van der Waals surface area contributed by atoms with E-state index in [1.165, 1.54) is 0 Å². The fraction of sp³-hybridized carbons (Fsp3) is 0.318. The average Bonchev–Trinajstić information content (AvgIpc) is 2.73. The van der Waals surface area contributed by atoms with Crippen LogP contribution in [0.25, 0.3) is 0 Å². The number of nitrogens with zero attached hydrogens (tertiary/aromatic N) is 1. The molecule has 0 aromatic heterocycles. The third-order valence-corrected chi connectivity index (χ3v) is 5.02. The van der Waals surface area contributed by atoms with E-state index in [0.717, 1.165) is 23.4 Å². The zero-order chi connectivity index (χ0) is 21.7. The molecule has 0 saturated carbocycles. The predicted molar refractivity (Wildman–Crippen MR) is 115 cm³/mol. The summed E-state index contributed by atoms with van der Waals surface area (Å²) in [4.78, 5) is 36.6. The first-order chi connectivity index (χ1) is 14.4. The van der Waals surface area contributed by atoms with E-state index in [4.69, 9.17) is 5.73 Å². The molecular weight excluding hydrogens is 384 g/mol. The Morgan fingerprint density at radius 3 is 2.43 bits per heavy atom. The molecule has 158 valence electrons. The van der Waals surface area contributed by atoms with Gasteiger partial charge in [-0.3, -0.25) is 9.59 Å². The van der Waals surface area contributed by atoms with Gasteiger partial charge < -0.3 is 26.0 Å². The van der Waals surface area contributed by atoms with Crippen LogP contribution in [-0.4, -0.2) is 30.6 Å². The lowest BCUT2D eigenvalue weighted by atomic mass is 9.91. The molecule has 8 nitrogen and oxygen atoms in total. The monoisotopic (exact) mass is 410 g/mol. The molecule has 4 N–H and O–H groups in total. The second-order valence-electron chi connectivity index (χ2n) is 7.19. The number of amides is 3. The zero-order valence-corrected chi connectivity index (χ0v) is 17.1. The molecule has 0 bridgehead atoms. The Morgan fingerprint density at radius 2 is 1.77 bits per heavy atom. The van der Waals surface area contributed by atoms with Crippen molar-refractivity contribution in [2.75, 3.05) is 22.1 Å². The van der Waals surface area contributed by atoms with E-state index in [1.54, 1.807) is 12.1 Å². The molecule has 3 rings (SSSR count). The van der Waals surface area contributed by atoms with Crippen molar-refractivity contribution in [2.24, 2.45) is 5.73 Å². The molecule has 0 spiro atoms. The lowest BCUT2D eigenvalue weighted by Gasteiger charge is -2.40. The molecule has 0 fully saturated rings. The van der Waals surface area contributed by atoms with Crippen LogP contribution in [0.5, 0.6) is 0 Å². The van der Waals surface area contributed by atoms with Crippen molar-refractivity contribution in [1.29, 1.82) is 0 Å². The van der Waals surface area contributed by atoms with Crippen LogP contribution in [0, 0.1) is 0 Å². The van der Waals surface area contributed by atoms with E-state index in [9.17, 15) is 14.4 Å². The first kappa shape index (κ1) is 21.2. The number of nitrogens with two attached hydrogens (primary N) is 1. The van der Waals surface area contributed by atoms with Crippen molar-refractivity contribution in [3.8, 4) is 0 Å². The highest BCUT2D eigenvalue weighted by Crippen LogP contribution is 2.39. The number of nitrogens with one attached hydrogen (secondary N) is 2. The van der Waals surface area contributed by atoms with Gasteiger partial charge in [0.05, 0.1) is 6.04 Å². The van der Waals surface area contributed by atoms with Gasteiger partial charge in [0.15, 0.2) is 6.61 Å². The first-order valence-electron chi connectivity index (χ1n) is 9.88. The quantitative estimate of drug-likeness (QED) is 0.675. The summed E-state index contributed by atoms with van der Waals surface area (Å²) in [6.07, 6.45) is 0.256. The van der Waals surface area contributed by atoms with Crippen molar-refractivity contribution < 1.29 is 19.1 Å². The largest absolute Gasteiger partial charge is 0.440 e. The summed E-state index contributed by atoms with van der Waals surface area (Å²) in [6.45, 7) is 3.51. The first-order valence-corrected chi connectivity index (χ1v) is 9.88. The summed E-state index contributed by atoms with van der Waals surface area (Å²) in [6, 6.07) is 15.3. The van der Waals surface area contributed by atoms with Crippen LogP contribution >= 0.6 is 0 Å². The van der Waals surface area contributed by atoms with Crippen LogP contribution in [0.4, 0.5) is 21.9 Å². The van der Waals surface area contributed by atoms with Crippen LogP contribution in [0.15, 0.2) is 48.5 Å². The maximum Gasteiger partial charge on any atom is 0.405 e. The Bertz CT molecular complexity index is 929. The van der Waals surface area contributed by atoms with Crippen molar-refractivity contribution in [1.82, 2.24) is 0 Å². The molecule has 8 heteroatoms. The molecule has 2 aromatic carbocycles. The number of primary amides is 1. The Labute approximate surface area is 175 Å². The number of rotatable bonds is 6. The molecule has 0 unspecified atom stereocenters. The van der Waals surface area contributed by atoms with Crippen LogP contribution in [0.2, 0.25) is 0 Å². The third-order valence-electron chi connectivity index (χ3n) is 5.02. The van der Waals surface area contributed by atoms with E-state index >= 15 is 0 Å². The Hall–Kier alpha value is -3.55. The number of carbonyl (C=O) groups excluding carboxylic acids is 3. The number of ether oxygens (including phenoxy) is 1. The van der Waals surface area contributed by atoms with Crippen molar-refractivity contribution in [3.63, 3.8) is 0 Å². The normalized spacial score (nSPS) is 17.6. The summed E-state index contributed by atoms with van der Waals surface area (Å²) in [7, 11) is 0. The van der Waals surface area contributed by atoms with Gasteiger partial charge in [-0.1, -0.05) is 25.1 Å². The standard InChI is InChI=1S/C22H26N4O4/c1-3-21(28)26-14(2)12-18(17-6-4-5-7-19(17)26)24-15-8-10-16(11-9-15)25-20(27)13-30-22(23)29/h4-11,14,18,24H,3,12-13H2,1-2H3,(H2,23,29)(H,25,27)/t14-,18+/m0/s1. The summed E-state index contributed by atoms with van der Waals surface area (Å²) >= 11 is 0. The van der Waals surface area contributed by atoms with Crippen LogP contribution < -0.4 is 21.3 Å². The molecule has 0 aliphatic carbocycles. The van der Waals surface area contributed by atoms with Gasteiger partial charge in [-0.05, 0) is 49.2 Å². The van der Waals surface area contributed by atoms with Gasteiger partial charge in [-0.25, -0.2) is 4.79 Å². The molecule has 1 aliphatic heterocycles. The SMILES string of the molecule is CCC(=O)N1c2ccccc2[C@H](Nc2ccc(NC(=O)COC(N)=O)cc2)C[C@@H]1C. The molecule has 1 aliphatic rings. The van der Waals surface area contributed by atoms with E-state index in [0.29, 0.717) is 12.1 Å². The van der Waals surface area contributed by atoms with Gasteiger partial charge in [-0.2, -0.15) is 0 Å². The Balaban J connectivity index is 1.71. The molecule has 2 atom stereocenters. The third kappa shape index (κ3) is 4.89. The number of carbonyl (C=O) groups is 3. The van der Waals surface area contributed by atoms with Crippen molar-refractivity contribution >= 4 is 35.0 Å². The lowest BCUT2D eigenvalue weighted by Crippen LogP contribution is -2.44. The Kier molecular flexibility index (Phi) is 6.56. The summed E-state index contributed by atoms with van der Waals surface area (Å²) in [5.41, 5.74) is 8.35. The van der Waals surface area contributed by atoms with E-state index in [1.807, 2.05) is 48.2 Å². The van der Waals surface area contributed by atoms with Gasteiger partial charge in [0.1, 0.15) is 0 Å². The van der Waals surface area contributed by atoms with Gasteiger partial charge >= 0.3 is 6.09 Å². The molecule has 3 amide bonds. The zero-order valence-electron chi connectivity index (χ0n) is 17.1. The van der Waals surface area contributed by atoms with Gasteiger partial charge in [-0.15, -0.1) is 0 Å². The fourth-order valence-corrected chi connectivity index (χ4v) is 3.68. The van der Waals surface area contributed by atoms with Gasteiger partial charge in [0.2, 0.25) is 5.91 Å². The number of hydrogen-bond acceptors (Lipinski definition) is 5. The number of benzene rings is 2.